The van der Waals surface area contributed by atoms with E-state index >= 15 is 0 Å². The lowest BCUT2D eigenvalue weighted by Gasteiger charge is -2.55. The molecule has 4 aliphatic carbocycles. The molecule has 174 valence electrons. The Morgan fingerprint density at radius 1 is 1.00 bits per heavy atom. The summed E-state index contributed by atoms with van der Waals surface area (Å²) in [6.07, 6.45) is 11.4. The van der Waals surface area contributed by atoms with Gasteiger partial charge in [-0.25, -0.2) is 0 Å². The summed E-state index contributed by atoms with van der Waals surface area (Å²) in [7, 11) is 0. The molecule has 3 heteroatoms. The van der Waals surface area contributed by atoms with Crippen molar-refractivity contribution < 1.29 is 14.9 Å². The molecule has 0 aromatic carbocycles. The van der Waals surface area contributed by atoms with Gasteiger partial charge in [0.25, 0.3) is 0 Å². The van der Waals surface area contributed by atoms with Crippen molar-refractivity contribution in [2.75, 3.05) is 0 Å². The van der Waals surface area contributed by atoms with E-state index in [2.05, 4.69) is 53.7 Å². The zero-order valence-electron chi connectivity index (χ0n) is 20.5. The van der Waals surface area contributed by atoms with Gasteiger partial charge in [-0.2, -0.15) is 0 Å². The van der Waals surface area contributed by atoms with Crippen molar-refractivity contribution in [2.24, 2.45) is 40.4 Å². The summed E-state index contributed by atoms with van der Waals surface area (Å²) in [6, 6.07) is 0. The minimum atomic E-state index is -0.469. The predicted molar refractivity (Wildman–Crippen MR) is 124 cm³/mol. The minimum absolute atomic E-state index is 0.0656. The number of allylic oxidation sites excluding steroid dienone is 3. The molecule has 0 bridgehead atoms. The Morgan fingerprint density at radius 3 is 2.45 bits per heavy atom. The number of ether oxygens (including phenoxy) is 1. The number of rotatable bonds is 4. The number of hydrogen-bond donors (Lipinski definition) is 2. The Balaban J connectivity index is 1.47. The van der Waals surface area contributed by atoms with Gasteiger partial charge in [-0.15, -0.1) is 0 Å². The number of fused-ring (bicyclic) bond motifs is 3. The molecular formula is C28H44O3. The maximum absolute atomic E-state index is 11.5. The average molecular weight is 429 g/mol. The smallest absolute Gasteiger partial charge is 0.118 e. The molecule has 31 heavy (non-hydrogen) atoms. The molecular weight excluding hydrogens is 384 g/mol. The van der Waals surface area contributed by atoms with Crippen LogP contribution in [0, 0.1) is 40.4 Å². The van der Waals surface area contributed by atoms with Crippen LogP contribution < -0.4 is 0 Å². The van der Waals surface area contributed by atoms with Crippen LogP contribution in [0.15, 0.2) is 23.3 Å². The highest BCUT2D eigenvalue weighted by Gasteiger charge is 2.77. The summed E-state index contributed by atoms with van der Waals surface area (Å²) in [5, 5.41) is 21.9. The average Bonchev–Trinajstić information content (AvgIpc) is 3.34. The van der Waals surface area contributed by atoms with Crippen LogP contribution in [0.4, 0.5) is 0 Å². The second kappa shape index (κ2) is 7.18. The molecule has 10 unspecified atom stereocenters. The van der Waals surface area contributed by atoms with E-state index in [4.69, 9.17) is 4.74 Å². The van der Waals surface area contributed by atoms with Gasteiger partial charge in [-0.05, 0) is 79.1 Å². The molecule has 1 saturated heterocycles. The molecule has 3 nitrogen and oxygen atoms in total. The Hall–Kier alpha value is -0.640. The van der Waals surface area contributed by atoms with Crippen molar-refractivity contribution in [3.63, 3.8) is 0 Å². The lowest BCUT2D eigenvalue weighted by molar-refractivity contribution is -0.0512. The van der Waals surface area contributed by atoms with E-state index < -0.39 is 6.10 Å². The summed E-state index contributed by atoms with van der Waals surface area (Å²) in [5.41, 5.74) is 2.93. The highest BCUT2D eigenvalue weighted by Crippen LogP contribution is 2.72. The normalized spacial score (nSPS) is 50.7. The third kappa shape index (κ3) is 2.95. The van der Waals surface area contributed by atoms with Crippen LogP contribution in [0.1, 0.15) is 86.5 Å². The summed E-state index contributed by atoms with van der Waals surface area (Å²) in [6.45, 7) is 14.2. The summed E-state index contributed by atoms with van der Waals surface area (Å²) >= 11 is 0. The van der Waals surface area contributed by atoms with Crippen molar-refractivity contribution in [2.45, 2.75) is 110 Å². The van der Waals surface area contributed by atoms with Crippen molar-refractivity contribution in [3.8, 4) is 0 Å². The SMILES string of the molecule is CC(C)C(C)C=CC(C)C1CCC2=C3C(O)C4OC45CC(O)CCC5(C)C3CCC21C. The quantitative estimate of drug-likeness (QED) is 0.449. The molecule has 10 atom stereocenters. The number of hydrogen-bond acceptors (Lipinski definition) is 3. The summed E-state index contributed by atoms with van der Waals surface area (Å²) in [4.78, 5) is 0. The van der Waals surface area contributed by atoms with Crippen molar-refractivity contribution in [1.82, 2.24) is 0 Å². The van der Waals surface area contributed by atoms with Crippen LogP contribution in [-0.2, 0) is 4.74 Å². The minimum Gasteiger partial charge on any atom is -0.393 e. The Kier molecular flexibility index (Phi) is 5.13. The van der Waals surface area contributed by atoms with Crippen LogP contribution >= 0.6 is 0 Å². The molecule has 5 aliphatic rings. The van der Waals surface area contributed by atoms with E-state index in [1.165, 1.54) is 18.4 Å². The fourth-order valence-corrected chi connectivity index (χ4v) is 8.48. The maximum atomic E-state index is 11.5. The first-order valence-electron chi connectivity index (χ1n) is 13.0. The van der Waals surface area contributed by atoms with Crippen molar-refractivity contribution >= 4 is 0 Å². The fraction of sp³-hybridized carbons (Fsp3) is 0.857. The first-order valence-corrected chi connectivity index (χ1v) is 13.0. The van der Waals surface area contributed by atoms with E-state index in [-0.39, 0.29) is 28.6 Å². The maximum Gasteiger partial charge on any atom is 0.118 e. The van der Waals surface area contributed by atoms with E-state index in [1.54, 1.807) is 5.57 Å². The Morgan fingerprint density at radius 2 is 1.74 bits per heavy atom. The standard InChI is InChI=1S/C28H44O3/c1-16(2)17(3)7-8-18(4)20-9-10-21-23-22(12-13-26(20,21)5)27(6)14-11-19(29)15-28(27)25(31-28)24(23)30/h7-8,16-20,22,24-25,29-30H,9-15H2,1-6H3. The van der Waals surface area contributed by atoms with Gasteiger partial charge in [0.2, 0.25) is 0 Å². The molecule has 0 aromatic rings. The zero-order chi connectivity index (χ0) is 22.3. The number of aliphatic hydroxyl groups excluding tert-OH is 2. The van der Waals surface area contributed by atoms with Crippen LogP contribution in [0.5, 0.6) is 0 Å². The van der Waals surface area contributed by atoms with Gasteiger partial charge in [0, 0.05) is 11.8 Å². The van der Waals surface area contributed by atoms with Crippen LogP contribution in [0.3, 0.4) is 0 Å². The lowest BCUT2D eigenvalue weighted by atomic mass is 9.48. The van der Waals surface area contributed by atoms with Crippen LogP contribution in [-0.4, -0.2) is 34.1 Å². The third-order valence-electron chi connectivity index (χ3n) is 10.9. The van der Waals surface area contributed by atoms with Crippen molar-refractivity contribution in [1.29, 1.82) is 0 Å². The molecule has 0 aromatic heterocycles. The van der Waals surface area contributed by atoms with Gasteiger partial charge in [-0.1, -0.05) is 59.3 Å². The van der Waals surface area contributed by atoms with Gasteiger partial charge in [0.15, 0.2) is 0 Å². The van der Waals surface area contributed by atoms with Gasteiger partial charge in [-0.3, -0.25) is 0 Å². The van der Waals surface area contributed by atoms with E-state index in [1.807, 2.05) is 0 Å². The summed E-state index contributed by atoms with van der Waals surface area (Å²) < 4.78 is 6.33. The topological polar surface area (TPSA) is 53.0 Å². The highest BCUT2D eigenvalue weighted by atomic mass is 16.6. The molecule has 0 amide bonds. The van der Waals surface area contributed by atoms with E-state index in [0.29, 0.717) is 36.0 Å². The third-order valence-corrected chi connectivity index (χ3v) is 10.9. The van der Waals surface area contributed by atoms with Crippen LogP contribution in [0.25, 0.3) is 0 Å². The van der Waals surface area contributed by atoms with Gasteiger partial charge in [0.1, 0.15) is 17.8 Å². The number of epoxide rings is 1. The largest absolute Gasteiger partial charge is 0.393 e. The first-order chi connectivity index (χ1) is 14.5. The highest BCUT2D eigenvalue weighted by molar-refractivity contribution is 5.43. The second-order valence-electron chi connectivity index (χ2n) is 12.6. The molecule has 1 spiro atoms. The Labute approximate surface area is 189 Å². The molecule has 1 heterocycles. The Bertz CT molecular complexity index is 798. The van der Waals surface area contributed by atoms with Gasteiger partial charge < -0.3 is 14.9 Å². The van der Waals surface area contributed by atoms with Gasteiger partial charge >= 0.3 is 0 Å². The van der Waals surface area contributed by atoms with Gasteiger partial charge in [0.05, 0.1) is 6.10 Å². The van der Waals surface area contributed by atoms with Crippen molar-refractivity contribution in [3.05, 3.63) is 23.3 Å². The molecule has 3 saturated carbocycles. The molecule has 4 fully saturated rings. The zero-order valence-corrected chi connectivity index (χ0v) is 20.5. The molecule has 1 aliphatic heterocycles. The van der Waals surface area contributed by atoms with E-state index in [9.17, 15) is 10.2 Å². The molecule has 2 N–H and O–H groups in total. The summed E-state index contributed by atoms with van der Waals surface area (Å²) in [5.74, 6) is 2.95. The first kappa shape index (κ1) is 22.2. The lowest BCUT2D eigenvalue weighted by Crippen LogP contribution is -2.57. The second-order valence-corrected chi connectivity index (χ2v) is 12.6. The fourth-order valence-electron chi connectivity index (χ4n) is 8.48. The monoisotopic (exact) mass is 428 g/mol. The number of aliphatic hydroxyl groups is 2. The molecule has 5 rings (SSSR count). The molecule has 0 radical (unpaired) electrons. The van der Waals surface area contributed by atoms with Crippen LogP contribution in [0.2, 0.25) is 0 Å². The van der Waals surface area contributed by atoms with E-state index in [0.717, 1.165) is 25.7 Å². The predicted octanol–water partition coefficient (Wildman–Crippen LogP) is 5.66.